The molecule has 4 heteroatoms. The zero-order valence-electron chi connectivity index (χ0n) is 11.9. The maximum atomic E-state index is 13.4. The van der Waals surface area contributed by atoms with Crippen LogP contribution in [0.25, 0.3) is 0 Å². The summed E-state index contributed by atoms with van der Waals surface area (Å²) < 4.78 is 20.0. The van der Waals surface area contributed by atoms with E-state index >= 15 is 0 Å². The molecule has 2 N–H and O–H groups in total. The Morgan fingerprint density at radius 1 is 1.19 bits per heavy atom. The van der Waals surface area contributed by atoms with Gasteiger partial charge in [0.15, 0.2) is 0 Å². The van der Waals surface area contributed by atoms with Crippen molar-refractivity contribution in [3.63, 3.8) is 0 Å². The predicted octanol–water partition coefficient (Wildman–Crippen LogP) is 4.24. The summed E-state index contributed by atoms with van der Waals surface area (Å²) in [6.45, 7) is 2.53. The monoisotopic (exact) mass is 351 g/mol. The molecule has 2 aromatic carbocycles. The molecule has 0 aliphatic carbocycles. The third-order valence-corrected chi connectivity index (χ3v) is 4.10. The SMILES string of the molecule is CCOC(c1ccccc1)C(N)Cc1cc(F)ccc1Br. The van der Waals surface area contributed by atoms with Crippen LogP contribution in [0.15, 0.2) is 53.0 Å². The van der Waals surface area contributed by atoms with Gasteiger partial charge in [0, 0.05) is 17.1 Å². The van der Waals surface area contributed by atoms with E-state index in [1.165, 1.54) is 12.1 Å². The van der Waals surface area contributed by atoms with Crippen LogP contribution in [0.4, 0.5) is 4.39 Å². The molecular formula is C17H19BrFNO. The molecule has 21 heavy (non-hydrogen) atoms. The Morgan fingerprint density at radius 3 is 2.57 bits per heavy atom. The fourth-order valence-electron chi connectivity index (χ4n) is 2.35. The lowest BCUT2D eigenvalue weighted by molar-refractivity contribution is 0.0433. The second-order valence-corrected chi connectivity index (χ2v) is 5.74. The highest BCUT2D eigenvalue weighted by atomic mass is 79.9. The van der Waals surface area contributed by atoms with Crippen LogP contribution in [-0.4, -0.2) is 12.6 Å². The van der Waals surface area contributed by atoms with Gasteiger partial charge in [-0.15, -0.1) is 0 Å². The first kappa shape index (κ1) is 16.1. The van der Waals surface area contributed by atoms with E-state index in [1.807, 2.05) is 37.3 Å². The van der Waals surface area contributed by atoms with Crippen molar-refractivity contribution in [2.45, 2.75) is 25.5 Å². The fraction of sp³-hybridized carbons (Fsp3) is 0.294. The average molecular weight is 352 g/mol. The first-order valence-corrected chi connectivity index (χ1v) is 7.77. The lowest BCUT2D eigenvalue weighted by Gasteiger charge is -2.24. The topological polar surface area (TPSA) is 35.2 Å². The van der Waals surface area contributed by atoms with Gasteiger partial charge in [0.05, 0.1) is 6.10 Å². The van der Waals surface area contributed by atoms with E-state index in [1.54, 1.807) is 6.07 Å². The number of hydrogen-bond acceptors (Lipinski definition) is 2. The number of ether oxygens (including phenoxy) is 1. The summed E-state index contributed by atoms with van der Waals surface area (Å²) in [6, 6.07) is 14.3. The third kappa shape index (κ3) is 4.37. The van der Waals surface area contributed by atoms with E-state index in [9.17, 15) is 4.39 Å². The molecule has 0 amide bonds. The van der Waals surface area contributed by atoms with Crippen LogP contribution in [0, 0.1) is 5.82 Å². The number of hydrogen-bond donors (Lipinski definition) is 1. The lowest BCUT2D eigenvalue weighted by atomic mass is 9.96. The molecule has 2 aromatic rings. The molecule has 0 fully saturated rings. The number of nitrogens with two attached hydrogens (primary N) is 1. The highest BCUT2D eigenvalue weighted by Crippen LogP contribution is 2.25. The van der Waals surface area contributed by atoms with E-state index in [-0.39, 0.29) is 18.0 Å². The summed E-state index contributed by atoms with van der Waals surface area (Å²) in [5.41, 5.74) is 8.21. The molecule has 0 saturated heterocycles. The molecule has 2 rings (SSSR count). The van der Waals surface area contributed by atoms with Gasteiger partial charge < -0.3 is 10.5 Å². The summed E-state index contributed by atoms with van der Waals surface area (Å²) in [6.07, 6.45) is 0.337. The number of rotatable bonds is 6. The molecule has 2 atom stereocenters. The Morgan fingerprint density at radius 2 is 1.90 bits per heavy atom. The van der Waals surface area contributed by atoms with Gasteiger partial charge in [0.2, 0.25) is 0 Å². The van der Waals surface area contributed by atoms with Crippen molar-refractivity contribution in [3.8, 4) is 0 Å². The average Bonchev–Trinajstić information content (AvgIpc) is 2.49. The van der Waals surface area contributed by atoms with Gasteiger partial charge in [-0.25, -0.2) is 4.39 Å². The third-order valence-electron chi connectivity index (χ3n) is 3.33. The highest BCUT2D eigenvalue weighted by molar-refractivity contribution is 9.10. The smallest absolute Gasteiger partial charge is 0.123 e. The van der Waals surface area contributed by atoms with E-state index in [2.05, 4.69) is 15.9 Å². The predicted molar refractivity (Wildman–Crippen MR) is 86.6 cm³/mol. The summed E-state index contributed by atoms with van der Waals surface area (Å²) in [7, 11) is 0. The standard InChI is InChI=1S/C17H19BrFNO/c1-2-21-17(12-6-4-3-5-7-12)16(20)11-13-10-14(19)8-9-15(13)18/h3-10,16-17H,2,11,20H2,1H3. The van der Waals surface area contributed by atoms with Crippen LogP contribution >= 0.6 is 15.9 Å². The molecule has 0 aliphatic rings. The Balaban J connectivity index is 2.19. The molecule has 2 nitrogen and oxygen atoms in total. The number of benzene rings is 2. The second-order valence-electron chi connectivity index (χ2n) is 4.89. The lowest BCUT2D eigenvalue weighted by Crippen LogP contribution is -2.32. The Kier molecular flexibility index (Phi) is 5.91. The summed E-state index contributed by atoms with van der Waals surface area (Å²) in [5.74, 6) is -0.256. The van der Waals surface area contributed by atoms with Gasteiger partial charge >= 0.3 is 0 Å². The van der Waals surface area contributed by atoms with Crippen LogP contribution in [0.5, 0.6) is 0 Å². The maximum Gasteiger partial charge on any atom is 0.123 e. The molecule has 0 aromatic heterocycles. The van der Waals surface area contributed by atoms with Gasteiger partial charge in [0.1, 0.15) is 5.82 Å². The van der Waals surface area contributed by atoms with Crippen molar-refractivity contribution >= 4 is 15.9 Å². The Labute approximate surface area is 133 Å². The molecule has 0 heterocycles. The first-order chi connectivity index (χ1) is 10.1. The summed E-state index contributed by atoms with van der Waals surface area (Å²) in [5, 5.41) is 0. The molecule has 0 radical (unpaired) electrons. The van der Waals surface area contributed by atoms with Crippen molar-refractivity contribution in [2.24, 2.45) is 5.73 Å². The van der Waals surface area contributed by atoms with E-state index in [0.29, 0.717) is 13.0 Å². The van der Waals surface area contributed by atoms with Gasteiger partial charge in [0.25, 0.3) is 0 Å². The van der Waals surface area contributed by atoms with Crippen molar-refractivity contribution in [2.75, 3.05) is 6.61 Å². The van der Waals surface area contributed by atoms with Crippen molar-refractivity contribution in [1.29, 1.82) is 0 Å². The van der Waals surface area contributed by atoms with E-state index in [0.717, 1.165) is 15.6 Å². The van der Waals surface area contributed by atoms with Crippen LogP contribution in [0.2, 0.25) is 0 Å². The first-order valence-electron chi connectivity index (χ1n) is 6.98. The molecular weight excluding hydrogens is 333 g/mol. The minimum atomic E-state index is -0.256. The zero-order chi connectivity index (χ0) is 15.2. The number of halogens is 2. The van der Waals surface area contributed by atoms with Crippen LogP contribution in [-0.2, 0) is 11.2 Å². The molecule has 0 aliphatic heterocycles. The van der Waals surface area contributed by atoms with Crippen LogP contribution in [0.1, 0.15) is 24.2 Å². The van der Waals surface area contributed by atoms with Gasteiger partial charge in [-0.1, -0.05) is 46.3 Å². The largest absolute Gasteiger partial charge is 0.372 e. The minimum Gasteiger partial charge on any atom is -0.372 e. The van der Waals surface area contributed by atoms with Crippen molar-refractivity contribution in [1.82, 2.24) is 0 Å². The molecule has 112 valence electrons. The highest BCUT2D eigenvalue weighted by Gasteiger charge is 2.21. The van der Waals surface area contributed by atoms with Gasteiger partial charge in [-0.05, 0) is 42.7 Å². The molecule has 2 unspecified atom stereocenters. The Hall–Kier alpha value is -1.23. The minimum absolute atomic E-state index is 0.202. The fourth-order valence-corrected chi connectivity index (χ4v) is 2.76. The second kappa shape index (κ2) is 7.69. The normalized spacial score (nSPS) is 13.9. The summed E-state index contributed by atoms with van der Waals surface area (Å²) >= 11 is 3.44. The van der Waals surface area contributed by atoms with Gasteiger partial charge in [-0.3, -0.25) is 0 Å². The molecule has 0 saturated carbocycles. The summed E-state index contributed by atoms with van der Waals surface area (Å²) in [4.78, 5) is 0. The molecule has 0 spiro atoms. The van der Waals surface area contributed by atoms with Crippen molar-refractivity contribution < 1.29 is 9.13 Å². The van der Waals surface area contributed by atoms with Crippen LogP contribution < -0.4 is 5.73 Å². The molecule has 0 bridgehead atoms. The maximum absolute atomic E-state index is 13.4. The zero-order valence-corrected chi connectivity index (χ0v) is 13.5. The van der Waals surface area contributed by atoms with Crippen molar-refractivity contribution in [3.05, 3.63) is 69.9 Å². The quantitative estimate of drug-likeness (QED) is 0.844. The van der Waals surface area contributed by atoms with Gasteiger partial charge in [-0.2, -0.15) is 0 Å². The van der Waals surface area contributed by atoms with Crippen LogP contribution in [0.3, 0.4) is 0 Å². The van der Waals surface area contributed by atoms with E-state index in [4.69, 9.17) is 10.5 Å². The van der Waals surface area contributed by atoms with E-state index < -0.39 is 0 Å². The Bertz CT molecular complexity index is 576.